The molecular weight excluding hydrogens is 328 g/mol. The molecule has 0 spiro atoms. The predicted molar refractivity (Wildman–Crippen MR) is 95.0 cm³/mol. The first-order valence-corrected chi connectivity index (χ1v) is 8.37. The van der Waals surface area contributed by atoms with Gasteiger partial charge in [-0.1, -0.05) is 11.6 Å². The number of halogens is 1. The molecule has 7 heteroatoms. The molecule has 1 aliphatic rings. The van der Waals surface area contributed by atoms with Crippen LogP contribution in [0.1, 0.15) is 45.1 Å². The first kappa shape index (κ1) is 17.3. The fourth-order valence-electron chi connectivity index (χ4n) is 2.71. The summed E-state index contributed by atoms with van der Waals surface area (Å²) >= 11 is 6.25. The number of ether oxygens (including phenoxy) is 1. The lowest BCUT2D eigenvalue weighted by molar-refractivity contribution is 0.00578. The van der Waals surface area contributed by atoms with Gasteiger partial charge in [0.05, 0.1) is 17.8 Å². The standard InChI is InChI=1S/C17H21BClNO4/c1-6-22-15(21)13-8-10-7-11(19)9-12(14(10)20-13)18-23-16(2,3)17(4,5)24-18/h7-9,20H,6H2,1-5H3. The highest BCUT2D eigenvalue weighted by atomic mass is 35.5. The summed E-state index contributed by atoms with van der Waals surface area (Å²) in [5.41, 5.74) is 1.01. The Hall–Kier alpha value is -1.50. The van der Waals surface area contributed by atoms with E-state index in [1.807, 2.05) is 27.7 Å². The number of fused-ring (bicyclic) bond motifs is 1. The van der Waals surface area contributed by atoms with Crippen LogP contribution in [-0.4, -0.2) is 35.9 Å². The van der Waals surface area contributed by atoms with E-state index in [-0.39, 0.29) is 0 Å². The van der Waals surface area contributed by atoms with E-state index in [0.717, 1.165) is 16.4 Å². The largest absolute Gasteiger partial charge is 0.497 e. The van der Waals surface area contributed by atoms with E-state index >= 15 is 0 Å². The summed E-state index contributed by atoms with van der Waals surface area (Å²) in [6, 6.07) is 5.33. The lowest BCUT2D eigenvalue weighted by Crippen LogP contribution is -2.41. The number of nitrogens with one attached hydrogen (secondary N) is 1. The Morgan fingerprint density at radius 1 is 1.21 bits per heavy atom. The van der Waals surface area contributed by atoms with Crippen LogP contribution in [0.5, 0.6) is 0 Å². The van der Waals surface area contributed by atoms with Crippen LogP contribution < -0.4 is 5.46 Å². The molecule has 128 valence electrons. The Bertz CT molecular complexity index is 783. The average molecular weight is 350 g/mol. The number of aromatic nitrogens is 1. The smallest absolute Gasteiger partial charge is 0.461 e. The second kappa shape index (κ2) is 5.79. The Balaban J connectivity index is 2.07. The van der Waals surface area contributed by atoms with E-state index < -0.39 is 24.3 Å². The zero-order valence-corrected chi connectivity index (χ0v) is 15.3. The van der Waals surface area contributed by atoms with Gasteiger partial charge in [-0.05, 0) is 52.8 Å². The van der Waals surface area contributed by atoms with Crippen molar-refractivity contribution in [1.82, 2.24) is 4.98 Å². The minimum atomic E-state index is -0.565. The molecule has 0 amide bonds. The molecule has 0 aliphatic carbocycles. The molecule has 1 N–H and O–H groups in total. The molecule has 1 aliphatic heterocycles. The Kier molecular flexibility index (Phi) is 4.18. The molecule has 2 heterocycles. The molecule has 24 heavy (non-hydrogen) atoms. The maximum atomic E-state index is 12.0. The number of aromatic amines is 1. The van der Waals surface area contributed by atoms with Gasteiger partial charge in [0, 0.05) is 21.4 Å². The SMILES string of the molecule is CCOC(=O)c1cc2cc(Cl)cc(B3OC(C)(C)C(C)(C)O3)c2[nH]1. The molecule has 2 aromatic rings. The zero-order valence-electron chi connectivity index (χ0n) is 14.5. The third kappa shape index (κ3) is 2.83. The van der Waals surface area contributed by atoms with Crippen LogP contribution in [0.15, 0.2) is 18.2 Å². The quantitative estimate of drug-likeness (QED) is 0.682. The van der Waals surface area contributed by atoms with Gasteiger partial charge in [-0.3, -0.25) is 0 Å². The van der Waals surface area contributed by atoms with Crippen LogP contribution in [0.4, 0.5) is 0 Å². The zero-order chi connectivity index (χ0) is 17.7. The van der Waals surface area contributed by atoms with Crippen LogP contribution in [0.3, 0.4) is 0 Å². The maximum absolute atomic E-state index is 12.0. The van der Waals surface area contributed by atoms with Gasteiger partial charge in [0.15, 0.2) is 0 Å². The van der Waals surface area contributed by atoms with Crippen molar-refractivity contribution >= 4 is 41.1 Å². The second-order valence-corrected chi connectivity index (χ2v) is 7.39. The molecule has 0 unspecified atom stereocenters. The van der Waals surface area contributed by atoms with Crippen molar-refractivity contribution in [1.29, 1.82) is 0 Å². The number of rotatable bonds is 3. The van der Waals surface area contributed by atoms with Gasteiger partial charge in [-0.25, -0.2) is 4.79 Å². The molecule has 0 saturated carbocycles. The second-order valence-electron chi connectivity index (χ2n) is 6.95. The van der Waals surface area contributed by atoms with Gasteiger partial charge in [-0.2, -0.15) is 0 Å². The Morgan fingerprint density at radius 3 is 2.42 bits per heavy atom. The van der Waals surface area contributed by atoms with E-state index in [0.29, 0.717) is 17.3 Å². The summed E-state index contributed by atoms with van der Waals surface area (Å²) in [6.07, 6.45) is 0. The summed E-state index contributed by atoms with van der Waals surface area (Å²) < 4.78 is 17.3. The number of hydrogen-bond donors (Lipinski definition) is 1. The van der Waals surface area contributed by atoms with E-state index in [1.54, 1.807) is 25.1 Å². The van der Waals surface area contributed by atoms with Gasteiger partial charge in [0.2, 0.25) is 0 Å². The minimum absolute atomic E-state index is 0.318. The molecule has 1 fully saturated rings. The molecular formula is C17H21BClNO4. The molecule has 5 nitrogen and oxygen atoms in total. The summed E-state index contributed by atoms with van der Waals surface area (Å²) in [5, 5.41) is 1.37. The van der Waals surface area contributed by atoms with Crippen molar-refractivity contribution in [2.75, 3.05) is 6.61 Å². The number of benzene rings is 1. The van der Waals surface area contributed by atoms with Gasteiger partial charge in [0.25, 0.3) is 0 Å². The van der Waals surface area contributed by atoms with Gasteiger partial charge in [-0.15, -0.1) is 0 Å². The van der Waals surface area contributed by atoms with Crippen LogP contribution in [0.25, 0.3) is 10.9 Å². The van der Waals surface area contributed by atoms with E-state index in [4.69, 9.17) is 25.6 Å². The summed E-state index contributed by atoms with van der Waals surface area (Å²) in [6.45, 7) is 10.1. The normalized spacial score (nSPS) is 19.0. The van der Waals surface area contributed by atoms with Crippen molar-refractivity contribution in [2.24, 2.45) is 0 Å². The number of hydrogen-bond acceptors (Lipinski definition) is 4. The van der Waals surface area contributed by atoms with Crippen LogP contribution >= 0.6 is 11.6 Å². The number of H-pyrrole nitrogens is 1. The maximum Gasteiger partial charge on any atom is 0.497 e. The van der Waals surface area contributed by atoms with E-state index in [9.17, 15) is 4.79 Å². The number of carbonyl (C=O) groups is 1. The van der Waals surface area contributed by atoms with Crippen LogP contribution in [-0.2, 0) is 14.0 Å². The van der Waals surface area contributed by atoms with Gasteiger partial charge >= 0.3 is 13.1 Å². The first-order chi connectivity index (χ1) is 11.1. The fraction of sp³-hybridized carbons (Fsp3) is 0.471. The highest BCUT2D eigenvalue weighted by Gasteiger charge is 2.52. The number of esters is 1. The summed E-state index contributed by atoms with van der Waals surface area (Å²) in [7, 11) is -0.565. The van der Waals surface area contributed by atoms with Crippen LogP contribution in [0.2, 0.25) is 5.02 Å². The highest BCUT2D eigenvalue weighted by Crippen LogP contribution is 2.37. The topological polar surface area (TPSA) is 60.6 Å². The van der Waals surface area contributed by atoms with Crippen molar-refractivity contribution < 1.29 is 18.8 Å². The minimum Gasteiger partial charge on any atom is -0.461 e. The molecule has 3 rings (SSSR count). The monoisotopic (exact) mass is 349 g/mol. The molecule has 0 atom stereocenters. The molecule has 1 saturated heterocycles. The molecule has 0 radical (unpaired) electrons. The lowest BCUT2D eigenvalue weighted by Gasteiger charge is -2.32. The highest BCUT2D eigenvalue weighted by molar-refractivity contribution is 6.65. The van der Waals surface area contributed by atoms with Crippen molar-refractivity contribution in [3.05, 3.63) is 28.9 Å². The van der Waals surface area contributed by atoms with Crippen molar-refractivity contribution in [3.8, 4) is 0 Å². The fourth-order valence-corrected chi connectivity index (χ4v) is 2.94. The molecule has 1 aromatic heterocycles. The van der Waals surface area contributed by atoms with Crippen molar-refractivity contribution in [3.63, 3.8) is 0 Å². The van der Waals surface area contributed by atoms with Gasteiger partial charge < -0.3 is 19.0 Å². The van der Waals surface area contributed by atoms with E-state index in [1.165, 1.54) is 0 Å². The number of carbonyl (C=O) groups excluding carboxylic acids is 1. The Morgan fingerprint density at radius 2 is 1.83 bits per heavy atom. The lowest BCUT2D eigenvalue weighted by atomic mass is 9.78. The van der Waals surface area contributed by atoms with E-state index in [2.05, 4.69) is 4.98 Å². The average Bonchev–Trinajstić information content (AvgIpc) is 2.97. The third-order valence-corrected chi connectivity index (χ3v) is 4.94. The predicted octanol–water partition coefficient (Wildman–Crippen LogP) is 3.30. The van der Waals surface area contributed by atoms with Gasteiger partial charge in [0.1, 0.15) is 5.69 Å². The third-order valence-electron chi connectivity index (χ3n) is 4.73. The Labute approximate surface area is 146 Å². The molecule has 0 bridgehead atoms. The first-order valence-electron chi connectivity index (χ1n) is 7.99. The summed E-state index contributed by atoms with van der Waals surface area (Å²) in [4.78, 5) is 15.1. The summed E-state index contributed by atoms with van der Waals surface area (Å²) in [5.74, 6) is -0.398. The molecule has 1 aromatic carbocycles. The van der Waals surface area contributed by atoms with Crippen LogP contribution in [0, 0.1) is 0 Å². The van der Waals surface area contributed by atoms with Crippen molar-refractivity contribution in [2.45, 2.75) is 45.8 Å².